The summed E-state index contributed by atoms with van der Waals surface area (Å²) in [6.45, 7) is 4.57. The number of amides is 1. The summed E-state index contributed by atoms with van der Waals surface area (Å²) in [4.78, 5) is 23.2. The number of rotatable bonds is 3. The molecule has 4 rings (SSSR count). The van der Waals surface area contributed by atoms with E-state index in [4.69, 9.17) is 5.73 Å². The van der Waals surface area contributed by atoms with Gasteiger partial charge in [-0.1, -0.05) is 26.0 Å². The van der Waals surface area contributed by atoms with Crippen molar-refractivity contribution in [3.63, 3.8) is 0 Å². The van der Waals surface area contributed by atoms with E-state index < -0.39 is 5.60 Å². The van der Waals surface area contributed by atoms with Gasteiger partial charge in [0.25, 0.3) is 0 Å². The van der Waals surface area contributed by atoms with E-state index in [0.29, 0.717) is 30.6 Å². The Labute approximate surface area is 155 Å². The molecule has 2 fully saturated rings. The first kappa shape index (κ1) is 18.0. The second-order valence-corrected chi connectivity index (χ2v) is 9.63. The van der Waals surface area contributed by atoms with Crippen LogP contribution in [0, 0.1) is 28.6 Å². The monoisotopic (exact) mass is 357 g/mol. The maximum Gasteiger partial charge on any atom is 0.217 e. The minimum absolute atomic E-state index is 0.0859. The van der Waals surface area contributed by atoms with E-state index in [1.807, 2.05) is 6.08 Å². The third kappa shape index (κ3) is 2.37. The summed E-state index contributed by atoms with van der Waals surface area (Å²) in [5.74, 6) is 1.36. The van der Waals surface area contributed by atoms with Crippen LogP contribution in [-0.2, 0) is 9.59 Å². The largest absolute Gasteiger partial charge is 0.389 e. The Kier molecular flexibility index (Phi) is 4.00. The molecule has 0 spiro atoms. The lowest BCUT2D eigenvalue weighted by Crippen LogP contribution is -2.54. The molecule has 3 unspecified atom stereocenters. The molecule has 3 N–H and O–H groups in total. The molecule has 4 nitrogen and oxygen atoms in total. The Morgan fingerprint density at radius 3 is 2.69 bits per heavy atom. The fraction of sp³-hybridized carbons (Fsp3) is 0.727. The number of allylic oxidation sites excluding steroid dienone is 4. The summed E-state index contributed by atoms with van der Waals surface area (Å²) in [6.07, 6.45) is 12.5. The topological polar surface area (TPSA) is 80.4 Å². The standard InChI is InChI=1S/C22H31NO3/c1-20-9-5-15(24)13-14(20)3-4-16-17(20)6-10-21(2)18(16)7-11-22(21,26)12-8-19(23)25/h3-4,13,16-18,26H,5-12H2,1-2H3,(H2,23,25)/t16?,17?,18?,20-,21-,22-/m0/s1. The number of aliphatic hydroxyl groups is 1. The smallest absolute Gasteiger partial charge is 0.217 e. The number of nitrogens with two attached hydrogens (primary N) is 1. The van der Waals surface area contributed by atoms with E-state index in [1.165, 1.54) is 5.57 Å². The summed E-state index contributed by atoms with van der Waals surface area (Å²) in [7, 11) is 0. The summed E-state index contributed by atoms with van der Waals surface area (Å²) >= 11 is 0. The van der Waals surface area contributed by atoms with Crippen LogP contribution in [0.15, 0.2) is 23.8 Å². The molecule has 0 bridgehead atoms. The maximum atomic E-state index is 11.9. The molecule has 2 saturated carbocycles. The van der Waals surface area contributed by atoms with Crippen LogP contribution >= 0.6 is 0 Å². The van der Waals surface area contributed by atoms with Crippen molar-refractivity contribution >= 4 is 11.7 Å². The van der Waals surface area contributed by atoms with Crippen LogP contribution < -0.4 is 5.73 Å². The Hall–Kier alpha value is -1.42. The minimum atomic E-state index is -0.787. The van der Waals surface area contributed by atoms with Gasteiger partial charge in [-0.05, 0) is 78.8 Å². The molecule has 6 atom stereocenters. The normalized spacial score (nSPS) is 47.0. The van der Waals surface area contributed by atoms with Crippen LogP contribution in [0.1, 0.15) is 65.2 Å². The maximum absolute atomic E-state index is 11.9. The van der Waals surface area contributed by atoms with Gasteiger partial charge in [-0.15, -0.1) is 0 Å². The Morgan fingerprint density at radius 2 is 1.96 bits per heavy atom. The highest BCUT2D eigenvalue weighted by Gasteiger charge is 2.62. The fourth-order valence-corrected chi connectivity index (χ4v) is 6.85. The van der Waals surface area contributed by atoms with Crippen molar-refractivity contribution in [2.75, 3.05) is 0 Å². The highest BCUT2D eigenvalue weighted by molar-refractivity contribution is 5.92. The molecule has 4 heteroatoms. The average Bonchev–Trinajstić information content (AvgIpc) is 2.86. The molecule has 0 aromatic carbocycles. The zero-order valence-corrected chi connectivity index (χ0v) is 16.0. The highest BCUT2D eigenvalue weighted by atomic mass is 16.3. The Balaban J connectivity index is 1.66. The van der Waals surface area contributed by atoms with Gasteiger partial charge in [0.2, 0.25) is 5.91 Å². The molecular weight excluding hydrogens is 326 g/mol. The molecule has 26 heavy (non-hydrogen) atoms. The molecule has 0 heterocycles. The third-order valence-electron chi connectivity index (χ3n) is 8.62. The summed E-state index contributed by atoms with van der Waals surface area (Å²) in [5, 5.41) is 11.4. The molecule has 0 radical (unpaired) electrons. The zero-order chi connectivity index (χ0) is 18.7. The van der Waals surface area contributed by atoms with Gasteiger partial charge in [-0.25, -0.2) is 0 Å². The predicted octanol–water partition coefficient (Wildman–Crippen LogP) is 3.29. The van der Waals surface area contributed by atoms with Gasteiger partial charge < -0.3 is 10.8 Å². The average molecular weight is 357 g/mol. The molecule has 0 aliphatic heterocycles. The van der Waals surface area contributed by atoms with Crippen LogP contribution in [0.4, 0.5) is 0 Å². The van der Waals surface area contributed by atoms with Crippen molar-refractivity contribution < 1.29 is 14.7 Å². The first-order chi connectivity index (χ1) is 12.2. The second-order valence-electron chi connectivity index (χ2n) is 9.63. The third-order valence-corrected chi connectivity index (χ3v) is 8.62. The molecular formula is C22H31NO3. The molecule has 0 aromatic heterocycles. The van der Waals surface area contributed by atoms with Crippen molar-refractivity contribution in [2.24, 2.45) is 34.3 Å². The number of ketones is 1. The lowest BCUT2D eigenvalue weighted by Gasteiger charge is -2.57. The van der Waals surface area contributed by atoms with E-state index in [2.05, 4.69) is 26.0 Å². The minimum Gasteiger partial charge on any atom is -0.389 e. The van der Waals surface area contributed by atoms with Gasteiger partial charge in [-0.2, -0.15) is 0 Å². The number of carbonyl (C=O) groups excluding carboxylic acids is 2. The molecule has 0 aromatic rings. The molecule has 4 aliphatic rings. The SMILES string of the molecule is C[C@]12CCC(=O)C=C1C=CC1C2CC[C@@]2(C)C1CC[C@]2(O)CCC(N)=O. The quantitative estimate of drug-likeness (QED) is 0.813. The van der Waals surface area contributed by atoms with Crippen LogP contribution in [0.3, 0.4) is 0 Å². The van der Waals surface area contributed by atoms with Crippen molar-refractivity contribution in [3.05, 3.63) is 23.8 Å². The predicted molar refractivity (Wildman–Crippen MR) is 100.0 cm³/mol. The number of primary amides is 1. The van der Waals surface area contributed by atoms with Gasteiger partial charge in [0, 0.05) is 12.8 Å². The summed E-state index contributed by atoms with van der Waals surface area (Å²) < 4.78 is 0. The summed E-state index contributed by atoms with van der Waals surface area (Å²) in [6, 6.07) is 0. The lowest BCUT2D eigenvalue weighted by atomic mass is 9.48. The summed E-state index contributed by atoms with van der Waals surface area (Å²) in [5.41, 5.74) is 5.71. The van der Waals surface area contributed by atoms with Crippen molar-refractivity contribution in [1.29, 1.82) is 0 Å². The molecule has 0 saturated heterocycles. The highest BCUT2D eigenvalue weighted by Crippen LogP contribution is 2.66. The molecule has 1 amide bonds. The number of carbonyl (C=O) groups is 2. The van der Waals surface area contributed by atoms with Gasteiger partial charge >= 0.3 is 0 Å². The number of fused-ring (bicyclic) bond motifs is 5. The van der Waals surface area contributed by atoms with E-state index in [9.17, 15) is 14.7 Å². The van der Waals surface area contributed by atoms with E-state index in [1.54, 1.807) is 0 Å². The van der Waals surface area contributed by atoms with Crippen LogP contribution in [0.25, 0.3) is 0 Å². The van der Waals surface area contributed by atoms with Crippen molar-refractivity contribution in [3.8, 4) is 0 Å². The van der Waals surface area contributed by atoms with Gasteiger partial charge in [0.15, 0.2) is 5.78 Å². The second kappa shape index (κ2) is 5.79. The first-order valence-electron chi connectivity index (χ1n) is 10.1. The molecule has 4 aliphatic carbocycles. The fourth-order valence-electron chi connectivity index (χ4n) is 6.85. The first-order valence-corrected chi connectivity index (χ1v) is 10.1. The van der Waals surface area contributed by atoms with Gasteiger partial charge in [0.1, 0.15) is 0 Å². The lowest BCUT2D eigenvalue weighted by molar-refractivity contribution is -0.130. The van der Waals surface area contributed by atoms with Gasteiger partial charge in [0.05, 0.1) is 5.60 Å². The van der Waals surface area contributed by atoms with Crippen molar-refractivity contribution in [2.45, 2.75) is 70.8 Å². The van der Waals surface area contributed by atoms with Crippen LogP contribution in [0.5, 0.6) is 0 Å². The van der Waals surface area contributed by atoms with Crippen LogP contribution in [-0.4, -0.2) is 22.4 Å². The van der Waals surface area contributed by atoms with E-state index in [-0.39, 0.29) is 28.9 Å². The Bertz CT molecular complexity index is 710. The molecule has 142 valence electrons. The van der Waals surface area contributed by atoms with Crippen LogP contribution in [0.2, 0.25) is 0 Å². The van der Waals surface area contributed by atoms with Gasteiger partial charge in [-0.3, -0.25) is 9.59 Å². The zero-order valence-electron chi connectivity index (χ0n) is 16.0. The number of hydrogen-bond donors (Lipinski definition) is 2. The Morgan fingerprint density at radius 1 is 1.23 bits per heavy atom. The van der Waals surface area contributed by atoms with Crippen molar-refractivity contribution in [1.82, 2.24) is 0 Å². The number of hydrogen-bond acceptors (Lipinski definition) is 3. The van der Waals surface area contributed by atoms with E-state index in [0.717, 1.165) is 32.1 Å². The van der Waals surface area contributed by atoms with E-state index >= 15 is 0 Å².